The molecular formula is C11H5BrF3NO3. The Morgan fingerprint density at radius 2 is 2.05 bits per heavy atom. The van der Waals surface area contributed by atoms with Crippen LogP contribution in [-0.2, 0) is 6.18 Å². The zero-order valence-electron chi connectivity index (χ0n) is 9.03. The molecule has 1 heterocycles. The van der Waals surface area contributed by atoms with Crippen molar-refractivity contribution in [3.63, 3.8) is 0 Å². The SMILES string of the molecule is O=Cc1c(C(F)(F)F)c(Br)cc2ccn(C(=O)O)c12. The van der Waals surface area contributed by atoms with Crippen molar-refractivity contribution in [3.05, 3.63) is 33.9 Å². The number of hydrogen-bond acceptors (Lipinski definition) is 2. The van der Waals surface area contributed by atoms with Crippen LogP contribution in [0.5, 0.6) is 0 Å². The number of nitrogens with zero attached hydrogens (tertiary/aromatic N) is 1. The summed E-state index contributed by atoms with van der Waals surface area (Å²) in [5, 5.41) is 9.14. The molecule has 2 aromatic rings. The highest BCUT2D eigenvalue weighted by Crippen LogP contribution is 2.40. The first kappa shape index (κ1) is 13.6. The lowest BCUT2D eigenvalue weighted by molar-refractivity contribution is -0.138. The molecule has 0 saturated heterocycles. The lowest BCUT2D eigenvalue weighted by Gasteiger charge is -2.13. The van der Waals surface area contributed by atoms with E-state index in [0.717, 1.165) is 12.3 Å². The molecule has 1 aromatic heterocycles. The molecule has 100 valence electrons. The summed E-state index contributed by atoms with van der Waals surface area (Å²) < 4.78 is 39.0. The quantitative estimate of drug-likeness (QED) is 0.807. The monoisotopic (exact) mass is 335 g/mol. The third-order valence-corrected chi connectivity index (χ3v) is 3.20. The molecule has 0 saturated carbocycles. The topological polar surface area (TPSA) is 59.3 Å². The standard InChI is InChI=1S/C11H5BrF3NO3/c12-7-3-5-1-2-16(10(18)19)9(5)6(4-17)8(7)11(13,14)15/h1-4H,(H,18,19). The Morgan fingerprint density at radius 1 is 1.42 bits per heavy atom. The van der Waals surface area contributed by atoms with Crippen molar-refractivity contribution in [3.8, 4) is 0 Å². The average Bonchev–Trinajstić information content (AvgIpc) is 2.68. The first-order valence-corrected chi connectivity index (χ1v) is 5.66. The smallest absolute Gasteiger partial charge is 0.418 e. The van der Waals surface area contributed by atoms with Gasteiger partial charge in [0.25, 0.3) is 0 Å². The highest BCUT2D eigenvalue weighted by molar-refractivity contribution is 9.10. The Morgan fingerprint density at radius 3 is 2.53 bits per heavy atom. The van der Waals surface area contributed by atoms with Gasteiger partial charge in [-0.25, -0.2) is 4.79 Å². The van der Waals surface area contributed by atoms with Gasteiger partial charge in [-0.2, -0.15) is 13.2 Å². The molecule has 2 rings (SSSR count). The predicted octanol–water partition coefficient (Wildman–Crippen LogP) is 3.76. The minimum atomic E-state index is -4.77. The van der Waals surface area contributed by atoms with E-state index >= 15 is 0 Å². The fourth-order valence-corrected chi connectivity index (χ4v) is 2.55. The van der Waals surface area contributed by atoms with Crippen LogP contribution in [0.4, 0.5) is 18.0 Å². The van der Waals surface area contributed by atoms with Crippen LogP contribution in [0.3, 0.4) is 0 Å². The number of fused-ring (bicyclic) bond motifs is 1. The lowest BCUT2D eigenvalue weighted by atomic mass is 10.0. The van der Waals surface area contributed by atoms with Gasteiger partial charge < -0.3 is 5.11 Å². The van der Waals surface area contributed by atoms with Gasteiger partial charge in [-0.15, -0.1) is 0 Å². The van der Waals surface area contributed by atoms with Crippen molar-refractivity contribution in [1.82, 2.24) is 4.57 Å². The number of hydrogen-bond donors (Lipinski definition) is 1. The number of alkyl halides is 3. The molecule has 19 heavy (non-hydrogen) atoms. The molecule has 0 bridgehead atoms. The van der Waals surface area contributed by atoms with E-state index in [-0.39, 0.29) is 21.7 Å². The number of halogens is 4. The summed E-state index contributed by atoms with van der Waals surface area (Å²) in [6, 6.07) is 2.45. The van der Waals surface area contributed by atoms with Crippen molar-refractivity contribution in [2.24, 2.45) is 0 Å². The Balaban J connectivity index is 2.98. The van der Waals surface area contributed by atoms with Crippen molar-refractivity contribution >= 4 is 39.2 Å². The maximum absolute atomic E-state index is 12.9. The van der Waals surface area contributed by atoms with E-state index in [1.54, 1.807) is 0 Å². The van der Waals surface area contributed by atoms with E-state index in [4.69, 9.17) is 5.11 Å². The second-order valence-electron chi connectivity index (χ2n) is 3.67. The Bertz CT molecular complexity index is 691. The average molecular weight is 336 g/mol. The van der Waals surface area contributed by atoms with Gasteiger partial charge in [0.15, 0.2) is 6.29 Å². The zero-order chi connectivity index (χ0) is 14.4. The summed E-state index contributed by atoms with van der Waals surface area (Å²) in [6.07, 6.45) is -5.13. The largest absolute Gasteiger partial charge is 0.464 e. The number of rotatable bonds is 1. The fraction of sp³-hybridized carbons (Fsp3) is 0.0909. The summed E-state index contributed by atoms with van der Waals surface area (Å²) in [4.78, 5) is 21.9. The van der Waals surface area contributed by atoms with E-state index in [0.29, 0.717) is 4.57 Å². The van der Waals surface area contributed by atoms with Crippen molar-refractivity contribution < 1.29 is 27.9 Å². The van der Waals surface area contributed by atoms with Gasteiger partial charge in [0.05, 0.1) is 16.6 Å². The third-order valence-electron chi connectivity index (χ3n) is 2.57. The number of aldehydes is 1. The van der Waals surface area contributed by atoms with Crippen LogP contribution in [0.1, 0.15) is 15.9 Å². The molecule has 1 aromatic carbocycles. The second kappa shape index (κ2) is 4.37. The first-order chi connectivity index (χ1) is 8.77. The van der Waals surface area contributed by atoms with Crippen LogP contribution in [-0.4, -0.2) is 22.1 Å². The molecule has 0 fully saturated rings. The molecule has 0 radical (unpaired) electrons. The maximum atomic E-state index is 12.9. The fourth-order valence-electron chi connectivity index (χ4n) is 1.87. The molecule has 0 amide bonds. The Labute approximate surface area is 112 Å². The highest BCUT2D eigenvalue weighted by atomic mass is 79.9. The lowest BCUT2D eigenvalue weighted by Crippen LogP contribution is -2.13. The number of carbonyl (C=O) groups is 2. The summed E-state index contributed by atoms with van der Waals surface area (Å²) in [7, 11) is 0. The van der Waals surface area contributed by atoms with E-state index in [1.807, 2.05) is 0 Å². The molecule has 4 nitrogen and oxygen atoms in total. The molecule has 0 aliphatic heterocycles. The molecule has 8 heteroatoms. The molecule has 0 aliphatic carbocycles. The van der Waals surface area contributed by atoms with Gasteiger partial charge in [0.1, 0.15) is 0 Å². The predicted molar refractivity (Wildman–Crippen MR) is 63.5 cm³/mol. The van der Waals surface area contributed by atoms with Crippen LogP contribution in [0.25, 0.3) is 10.9 Å². The minimum absolute atomic E-state index is 0.00928. The van der Waals surface area contributed by atoms with Crippen LogP contribution >= 0.6 is 15.9 Å². The van der Waals surface area contributed by atoms with E-state index in [1.165, 1.54) is 6.07 Å². The zero-order valence-corrected chi connectivity index (χ0v) is 10.6. The molecule has 0 spiro atoms. The van der Waals surface area contributed by atoms with E-state index in [9.17, 15) is 22.8 Å². The highest BCUT2D eigenvalue weighted by Gasteiger charge is 2.37. The normalized spacial score (nSPS) is 11.8. The van der Waals surface area contributed by atoms with Gasteiger partial charge in [-0.05, 0) is 12.1 Å². The number of carboxylic acid groups (broad SMARTS) is 1. The molecule has 0 unspecified atom stereocenters. The van der Waals surface area contributed by atoms with Crippen LogP contribution in [0, 0.1) is 0 Å². The van der Waals surface area contributed by atoms with Gasteiger partial charge in [0.2, 0.25) is 0 Å². The summed E-state index contributed by atoms with van der Waals surface area (Å²) in [5.74, 6) is 0. The van der Waals surface area contributed by atoms with Crippen LogP contribution in [0.2, 0.25) is 0 Å². The molecule has 0 aliphatic rings. The van der Waals surface area contributed by atoms with Crippen LogP contribution < -0.4 is 0 Å². The number of carbonyl (C=O) groups excluding carboxylic acids is 1. The maximum Gasteiger partial charge on any atom is 0.418 e. The number of benzene rings is 1. The summed E-state index contributed by atoms with van der Waals surface area (Å²) >= 11 is 2.76. The second-order valence-corrected chi connectivity index (χ2v) is 4.52. The third kappa shape index (κ3) is 2.12. The van der Waals surface area contributed by atoms with Gasteiger partial charge in [0, 0.05) is 16.1 Å². The molecular weight excluding hydrogens is 331 g/mol. The van der Waals surface area contributed by atoms with E-state index < -0.39 is 23.4 Å². The van der Waals surface area contributed by atoms with Gasteiger partial charge in [-0.3, -0.25) is 9.36 Å². The van der Waals surface area contributed by atoms with Gasteiger partial charge >= 0.3 is 12.3 Å². The Kier molecular flexibility index (Phi) is 3.13. The Hall–Kier alpha value is -1.83. The van der Waals surface area contributed by atoms with Crippen molar-refractivity contribution in [2.45, 2.75) is 6.18 Å². The van der Waals surface area contributed by atoms with Crippen LogP contribution in [0.15, 0.2) is 22.8 Å². The summed E-state index contributed by atoms with van der Waals surface area (Å²) in [5.41, 5.74) is -2.17. The molecule has 1 N–H and O–H groups in total. The van der Waals surface area contributed by atoms with E-state index in [2.05, 4.69) is 15.9 Å². The van der Waals surface area contributed by atoms with Crippen molar-refractivity contribution in [2.75, 3.05) is 0 Å². The van der Waals surface area contributed by atoms with Gasteiger partial charge in [-0.1, -0.05) is 15.9 Å². The van der Waals surface area contributed by atoms with Crippen molar-refractivity contribution in [1.29, 1.82) is 0 Å². The first-order valence-electron chi connectivity index (χ1n) is 4.86. The summed E-state index contributed by atoms with van der Waals surface area (Å²) in [6.45, 7) is 0. The number of aromatic nitrogens is 1. The molecule has 0 atom stereocenters. The minimum Gasteiger partial charge on any atom is -0.464 e.